The van der Waals surface area contributed by atoms with Gasteiger partial charge in [-0.2, -0.15) is 16.7 Å². The lowest BCUT2D eigenvalue weighted by Crippen LogP contribution is -2.45. The summed E-state index contributed by atoms with van der Waals surface area (Å²) in [7, 11) is 0. The van der Waals surface area contributed by atoms with Gasteiger partial charge in [-0.05, 0) is 25.0 Å². The summed E-state index contributed by atoms with van der Waals surface area (Å²) in [6, 6.07) is 0.365. The van der Waals surface area contributed by atoms with E-state index in [2.05, 4.69) is 15.0 Å². The van der Waals surface area contributed by atoms with Gasteiger partial charge < -0.3 is 14.2 Å². The summed E-state index contributed by atoms with van der Waals surface area (Å²) in [5.74, 6) is 4.69. The van der Waals surface area contributed by atoms with E-state index in [0.717, 1.165) is 43.9 Å². The molecule has 8 heteroatoms. The van der Waals surface area contributed by atoms with E-state index in [1.54, 1.807) is 18.7 Å². The summed E-state index contributed by atoms with van der Waals surface area (Å²) in [6.07, 6.45) is 3.49. The molecular weight excluding hydrogens is 334 g/mol. The second-order valence-corrected chi connectivity index (χ2v) is 8.06. The molecule has 23 heavy (non-hydrogen) atoms. The third-order valence-electron chi connectivity index (χ3n) is 4.12. The second kappa shape index (κ2) is 8.39. The SMILES string of the molecule is Cc1nc(CSCC(=O)N(CC2CCCO2)C2CCSC2)no1. The van der Waals surface area contributed by atoms with E-state index < -0.39 is 0 Å². The van der Waals surface area contributed by atoms with Gasteiger partial charge in [0, 0.05) is 31.9 Å². The highest BCUT2D eigenvalue weighted by Crippen LogP contribution is 2.25. The fraction of sp³-hybridized carbons (Fsp3) is 0.800. The molecule has 0 aromatic carbocycles. The Labute approximate surface area is 145 Å². The van der Waals surface area contributed by atoms with Crippen LogP contribution < -0.4 is 0 Å². The fourth-order valence-electron chi connectivity index (χ4n) is 2.94. The molecule has 3 rings (SSSR count). The van der Waals surface area contributed by atoms with Gasteiger partial charge in [0.15, 0.2) is 5.82 Å². The van der Waals surface area contributed by atoms with E-state index in [4.69, 9.17) is 9.26 Å². The van der Waals surface area contributed by atoms with Crippen LogP contribution in [-0.2, 0) is 15.3 Å². The molecule has 2 fully saturated rings. The molecular formula is C15H23N3O3S2. The summed E-state index contributed by atoms with van der Waals surface area (Å²) in [5, 5.41) is 3.86. The zero-order valence-corrected chi connectivity index (χ0v) is 15.0. The minimum absolute atomic E-state index is 0.207. The first-order chi connectivity index (χ1) is 11.2. The number of rotatable bonds is 7. The quantitative estimate of drug-likeness (QED) is 0.740. The smallest absolute Gasteiger partial charge is 0.232 e. The van der Waals surface area contributed by atoms with Crippen molar-refractivity contribution in [1.82, 2.24) is 15.0 Å². The number of carbonyl (C=O) groups excluding carboxylic acids is 1. The minimum Gasteiger partial charge on any atom is -0.376 e. The monoisotopic (exact) mass is 357 g/mol. The number of nitrogens with zero attached hydrogens (tertiary/aromatic N) is 3. The maximum atomic E-state index is 12.7. The molecule has 0 saturated carbocycles. The van der Waals surface area contributed by atoms with Crippen LogP contribution in [0, 0.1) is 6.92 Å². The van der Waals surface area contributed by atoms with E-state index in [1.165, 1.54) is 0 Å². The Bertz CT molecular complexity index is 514. The van der Waals surface area contributed by atoms with Gasteiger partial charge in [0.1, 0.15) is 0 Å². The molecule has 3 heterocycles. The van der Waals surface area contributed by atoms with Crippen LogP contribution >= 0.6 is 23.5 Å². The lowest BCUT2D eigenvalue weighted by Gasteiger charge is -2.30. The topological polar surface area (TPSA) is 68.5 Å². The van der Waals surface area contributed by atoms with Crippen molar-refractivity contribution < 1.29 is 14.1 Å². The lowest BCUT2D eigenvalue weighted by molar-refractivity contribution is -0.131. The fourth-order valence-corrected chi connectivity index (χ4v) is 4.91. The maximum Gasteiger partial charge on any atom is 0.232 e. The third-order valence-corrected chi connectivity index (χ3v) is 6.18. The van der Waals surface area contributed by atoms with Crippen LogP contribution in [0.5, 0.6) is 0 Å². The Hall–Kier alpha value is -0.730. The molecule has 128 valence electrons. The van der Waals surface area contributed by atoms with E-state index in [0.29, 0.717) is 29.3 Å². The van der Waals surface area contributed by atoms with Gasteiger partial charge in [0.05, 0.1) is 17.6 Å². The van der Waals surface area contributed by atoms with Crippen molar-refractivity contribution in [3.05, 3.63) is 11.7 Å². The van der Waals surface area contributed by atoms with Crippen molar-refractivity contribution in [2.75, 3.05) is 30.4 Å². The summed E-state index contributed by atoms with van der Waals surface area (Å²) >= 11 is 3.48. The molecule has 2 aliphatic heterocycles. The molecule has 2 atom stereocenters. The molecule has 2 saturated heterocycles. The molecule has 1 aromatic rings. The number of hydrogen-bond acceptors (Lipinski definition) is 7. The average Bonchev–Trinajstić information content (AvgIpc) is 3.27. The van der Waals surface area contributed by atoms with Crippen LogP contribution in [-0.4, -0.2) is 63.5 Å². The zero-order valence-electron chi connectivity index (χ0n) is 13.4. The zero-order chi connectivity index (χ0) is 16.1. The van der Waals surface area contributed by atoms with Gasteiger partial charge in [-0.25, -0.2) is 0 Å². The molecule has 2 unspecified atom stereocenters. The van der Waals surface area contributed by atoms with Gasteiger partial charge in [-0.3, -0.25) is 4.79 Å². The van der Waals surface area contributed by atoms with Gasteiger partial charge in [-0.15, -0.1) is 11.8 Å². The normalized spacial score (nSPS) is 24.2. The molecule has 1 amide bonds. The molecule has 0 spiro atoms. The van der Waals surface area contributed by atoms with E-state index in [9.17, 15) is 4.79 Å². The summed E-state index contributed by atoms with van der Waals surface area (Å²) in [6.45, 7) is 3.34. The first kappa shape index (κ1) is 17.1. The maximum absolute atomic E-state index is 12.7. The van der Waals surface area contributed by atoms with Crippen molar-refractivity contribution in [1.29, 1.82) is 0 Å². The number of aryl methyl sites for hydroxylation is 1. The first-order valence-corrected chi connectivity index (χ1v) is 10.4. The molecule has 1 aromatic heterocycles. The lowest BCUT2D eigenvalue weighted by atomic mass is 10.1. The van der Waals surface area contributed by atoms with Crippen LogP contribution in [0.2, 0.25) is 0 Å². The highest BCUT2D eigenvalue weighted by molar-refractivity contribution is 7.99. The van der Waals surface area contributed by atoms with Crippen LogP contribution in [0.3, 0.4) is 0 Å². The Morgan fingerprint density at radius 3 is 3.04 bits per heavy atom. The largest absolute Gasteiger partial charge is 0.376 e. The van der Waals surface area contributed by atoms with Gasteiger partial charge in [0.2, 0.25) is 11.8 Å². The van der Waals surface area contributed by atoms with Gasteiger partial charge in [0.25, 0.3) is 0 Å². The Balaban J connectivity index is 1.51. The van der Waals surface area contributed by atoms with Crippen LogP contribution in [0.1, 0.15) is 31.0 Å². The Morgan fingerprint density at radius 2 is 2.39 bits per heavy atom. The Kier molecular flexibility index (Phi) is 6.24. The predicted molar refractivity (Wildman–Crippen MR) is 91.6 cm³/mol. The van der Waals surface area contributed by atoms with Gasteiger partial charge in [-0.1, -0.05) is 5.16 Å². The molecule has 2 aliphatic rings. The van der Waals surface area contributed by atoms with Crippen molar-refractivity contribution >= 4 is 29.4 Å². The standard InChI is InChI=1S/C15H23N3O3S2/c1-11-16-14(17-21-11)9-23-10-15(19)18(12-4-6-22-8-12)7-13-3-2-5-20-13/h12-13H,2-10H2,1H3. The van der Waals surface area contributed by atoms with Crippen LogP contribution in [0.15, 0.2) is 4.52 Å². The predicted octanol–water partition coefficient (Wildman–Crippen LogP) is 2.12. The first-order valence-electron chi connectivity index (χ1n) is 8.08. The molecule has 0 radical (unpaired) electrons. The minimum atomic E-state index is 0.207. The van der Waals surface area contributed by atoms with Crippen LogP contribution in [0.4, 0.5) is 0 Å². The number of aromatic nitrogens is 2. The number of ether oxygens (including phenoxy) is 1. The number of carbonyl (C=O) groups is 1. The summed E-state index contributed by atoms with van der Waals surface area (Å²) in [4.78, 5) is 18.9. The van der Waals surface area contributed by atoms with Crippen molar-refractivity contribution in [2.24, 2.45) is 0 Å². The highest BCUT2D eigenvalue weighted by Gasteiger charge is 2.30. The van der Waals surface area contributed by atoms with Crippen molar-refractivity contribution in [3.8, 4) is 0 Å². The number of hydrogen-bond donors (Lipinski definition) is 0. The second-order valence-electron chi connectivity index (χ2n) is 5.92. The summed E-state index contributed by atoms with van der Waals surface area (Å²) < 4.78 is 10.7. The van der Waals surface area contributed by atoms with Crippen LogP contribution in [0.25, 0.3) is 0 Å². The highest BCUT2D eigenvalue weighted by atomic mass is 32.2. The number of thioether (sulfide) groups is 2. The average molecular weight is 358 g/mol. The molecule has 0 N–H and O–H groups in total. The molecule has 0 bridgehead atoms. The van der Waals surface area contributed by atoms with E-state index >= 15 is 0 Å². The van der Waals surface area contributed by atoms with E-state index in [1.807, 2.05) is 11.8 Å². The molecule has 0 aliphatic carbocycles. The van der Waals surface area contributed by atoms with Crippen molar-refractivity contribution in [3.63, 3.8) is 0 Å². The molecule has 6 nitrogen and oxygen atoms in total. The third kappa shape index (κ3) is 4.87. The van der Waals surface area contributed by atoms with Crippen molar-refractivity contribution in [2.45, 2.75) is 44.1 Å². The van der Waals surface area contributed by atoms with E-state index in [-0.39, 0.29) is 12.0 Å². The Morgan fingerprint density at radius 1 is 1.48 bits per heavy atom. The van der Waals surface area contributed by atoms with Gasteiger partial charge >= 0.3 is 0 Å². The number of amides is 1. The summed E-state index contributed by atoms with van der Waals surface area (Å²) in [5.41, 5.74) is 0.